The highest BCUT2D eigenvalue weighted by atomic mass is 32.2. The van der Waals surface area contributed by atoms with Crippen molar-refractivity contribution < 1.29 is 81.0 Å². The van der Waals surface area contributed by atoms with Gasteiger partial charge in [0, 0.05) is 61.1 Å². The van der Waals surface area contributed by atoms with Gasteiger partial charge < -0.3 is 42.6 Å². The SMILES string of the molecule is CC(=O)OC[C@H]1O[C@H](SC[C@H]2O[C@H](SC(C)=O)[C@@H](OC(C)=O)[C@@H](OC(C)=O)[C@@H]2OC(C)=O)[C@@H](OC(C)=O)[C@@H](OC(C)=O)[C@@H]1OC(C)=O. The summed E-state index contributed by atoms with van der Waals surface area (Å²) in [6, 6.07) is 0. The summed E-state index contributed by atoms with van der Waals surface area (Å²) in [5, 5.41) is -0.439. The second-order valence-corrected chi connectivity index (χ2v) is 12.7. The highest BCUT2D eigenvalue weighted by molar-refractivity contribution is 8.14. The van der Waals surface area contributed by atoms with Crippen molar-refractivity contribution in [3.8, 4) is 0 Å². The van der Waals surface area contributed by atoms with E-state index in [4.69, 9.17) is 42.6 Å². The maximum absolute atomic E-state index is 12.2. The van der Waals surface area contributed by atoms with Crippen LogP contribution >= 0.6 is 23.5 Å². The predicted octanol–water partition coefficient (Wildman–Crippen LogP) is 0.602. The van der Waals surface area contributed by atoms with Gasteiger partial charge in [-0.25, -0.2) is 0 Å². The highest BCUT2D eigenvalue weighted by Gasteiger charge is 2.55. The molecule has 0 aromatic carbocycles. The fraction of sp³-hybridized carbons (Fsp3) is 0.714. The molecule has 2 fully saturated rings. The lowest BCUT2D eigenvalue weighted by atomic mass is 9.99. The highest BCUT2D eigenvalue weighted by Crippen LogP contribution is 2.39. The van der Waals surface area contributed by atoms with Crippen LogP contribution in [0.4, 0.5) is 0 Å². The largest absolute Gasteiger partial charge is 0.463 e. The minimum absolute atomic E-state index is 0.189. The monoisotopic (exact) mass is 710 g/mol. The predicted molar refractivity (Wildman–Crippen MR) is 158 cm³/mol. The van der Waals surface area contributed by atoms with Gasteiger partial charge in [0.05, 0.1) is 0 Å². The Morgan fingerprint density at radius 2 is 0.830 bits per heavy atom. The minimum Gasteiger partial charge on any atom is -0.463 e. The third-order valence-corrected chi connectivity index (χ3v) is 8.32. The number of thioether (sulfide) groups is 2. The topological polar surface area (TPSA) is 220 Å². The maximum atomic E-state index is 12.2. The molecule has 10 atom stereocenters. The van der Waals surface area contributed by atoms with E-state index in [1.54, 1.807) is 0 Å². The molecule has 2 aliphatic rings. The first kappa shape index (κ1) is 39.8. The molecule has 0 saturated carbocycles. The average Bonchev–Trinajstić information content (AvgIpc) is 2.91. The minimum atomic E-state index is -1.44. The van der Waals surface area contributed by atoms with Gasteiger partial charge in [0.15, 0.2) is 47.2 Å². The molecule has 2 aliphatic heterocycles. The summed E-state index contributed by atoms with van der Waals surface area (Å²) >= 11 is 1.54. The summed E-state index contributed by atoms with van der Waals surface area (Å²) < 4.78 is 49.9. The Kier molecular flexibility index (Phi) is 15.4. The Morgan fingerprint density at radius 3 is 1.23 bits per heavy atom. The lowest BCUT2D eigenvalue weighted by Crippen LogP contribution is -2.63. The van der Waals surface area contributed by atoms with Crippen molar-refractivity contribution in [3.05, 3.63) is 0 Å². The van der Waals surface area contributed by atoms with Crippen LogP contribution in [-0.4, -0.2) is 119 Å². The molecular weight excluding hydrogens is 672 g/mol. The molecule has 17 nitrogen and oxygen atoms in total. The van der Waals surface area contributed by atoms with Gasteiger partial charge in [-0.1, -0.05) is 11.8 Å². The molecule has 264 valence electrons. The van der Waals surface area contributed by atoms with E-state index in [2.05, 4.69) is 0 Å². The van der Waals surface area contributed by atoms with Crippen LogP contribution in [0.3, 0.4) is 0 Å². The molecule has 47 heavy (non-hydrogen) atoms. The average molecular weight is 711 g/mol. The molecule has 0 aromatic rings. The van der Waals surface area contributed by atoms with E-state index < -0.39 is 113 Å². The number of carbonyl (C=O) groups excluding carboxylic acids is 8. The molecule has 19 heteroatoms. The van der Waals surface area contributed by atoms with Gasteiger partial charge in [-0.05, 0) is 0 Å². The first-order valence-electron chi connectivity index (χ1n) is 14.2. The lowest BCUT2D eigenvalue weighted by Gasteiger charge is -2.46. The summed E-state index contributed by atoms with van der Waals surface area (Å²) in [6.07, 6.45) is -10.8. The van der Waals surface area contributed by atoms with Crippen LogP contribution in [0, 0.1) is 0 Å². The number of ether oxygens (including phenoxy) is 9. The van der Waals surface area contributed by atoms with Crippen LogP contribution in [-0.2, 0) is 81.0 Å². The van der Waals surface area contributed by atoms with Crippen molar-refractivity contribution in [2.75, 3.05) is 12.4 Å². The lowest BCUT2D eigenvalue weighted by molar-refractivity contribution is -0.238. The van der Waals surface area contributed by atoms with Gasteiger partial charge in [0.2, 0.25) is 0 Å². The zero-order chi connectivity index (χ0) is 35.6. The van der Waals surface area contributed by atoms with Crippen molar-refractivity contribution >= 4 is 70.4 Å². The van der Waals surface area contributed by atoms with Gasteiger partial charge in [-0.3, -0.25) is 38.4 Å². The fourth-order valence-electron chi connectivity index (χ4n) is 4.76. The zero-order valence-electron chi connectivity index (χ0n) is 26.9. The van der Waals surface area contributed by atoms with Crippen LogP contribution in [0.5, 0.6) is 0 Å². The first-order chi connectivity index (χ1) is 21.9. The molecule has 0 unspecified atom stereocenters. The summed E-state index contributed by atoms with van der Waals surface area (Å²) in [5.41, 5.74) is -2.46. The van der Waals surface area contributed by atoms with Gasteiger partial charge in [0.1, 0.15) is 24.3 Å². The Bertz CT molecular complexity index is 1210. The molecule has 0 N–H and O–H groups in total. The van der Waals surface area contributed by atoms with Crippen LogP contribution < -0.4 is 0 Å². The Labute approximate surface area is 278 Å². The third-order valence-electron chi connectivity index (χ3n) is 6.15. The number of hydrogen-bond donors (Lipinski definition) is 0. The van der Waals surface area contributed by atoms with Crippen molar-refractivity contribution in [1.82, 2.24) is 0 Å². The first-order valence-corrected chi connectivity index (χ1v) is 16.1. The standard InChI is InChI=1S/C28H38O17S2/c1-11(29)37-9-19-21(38-12(2)30)23(40-14(4)32)25(42-16(6)34)27(44-19)46-10-20-22(39-13(3)31)24(41-15(5)33)26(43-17(7)35)28(45-20)47-18(8)36/h19-28H,9-10H2,1-8H3/t19-,20-,21-,22-,23+,24+,25+,26+,27-,28-/m1/s1. The molecule has 2 rings (SSSR count). The van der Waals surface area contributed by atoms with Gasteiger partial charge >= 0.3 is 41.8 Å². The normalized spacial score (nSPS) is 30.1. The van der Waals surface area contributed by atoms with E-state index >= 15 is 0 Å². The number of rotatable bonds is 12. The maximum Gasteiger partial charge on any atom is 0.303 e. The smallest absolute Gasteiger partial charge is 0.303 e. The second-order valence-electron chi connectivity index (χ2n) is 10.3. The van der Waals surface area contributed by atoms with Gasteiger partial charge in [-0.15, -0.1) is 11.8 Å². The summed E-state index contributed by atoms with van der Waals surface area (Å²) in [5.74, 6) is -5.74. The Hall–Kier alpha value is -3.42. The van der Waals surface area contributed by atoms with Gasteiger partial charge in [0.25, 0.3) is 0 Å². The van der Waals surface area contributed by atoms with Crippen LogP contribution in [0.15, 0.2) is 0 Å². The number of carbonyl (C=O) groups is 8. The quantitative estimate of drug-likeness (QED) is 0.200. The van der Waals surface area contributed by atoms with Crippen LogP contribution in [0.2, 0.25) is 0 Å². The molecule has 0 radical (unpaired) electrons. The van der Waals surface area contributed by atoms with E-state index in [1.807, 2.05) is 0 Å². The van der Waals surface area contributed by atoms with Crippen molar-refractivity contribution in [3.63, 3.8) is 0 Å². The Morgan fingerprint density at radius 1 is 0.468 bits per heavy atom. The third kappa shape index (κ3) is 12.6. The van der Waals surface area contributed by atoms with Crippen molar-refractivity contribution in [2.24, 2.45) is 0 Å². The van der Waals surface area contributed by atoms with Crippen molar-refractivity contribution in [2.45, 2.75) is 115 Å². The van der Waals surface area contributed by atoms with E-state index in [-0.39, 0.29) is 5.75 Å². The van der Waals surface area contributed by atoms with Gasteiger partial charge in [-0.2, -0.15) is 0 Å². The van der Waals surface area contributed by atoms with Crippen molar-refractivity contribution in [1.29, 1.82) is 0 Å². The number of hydrogen-bond acceptors (Lipinski definition) is 19. The summed E-state index contributed by atoms with van der Waals surface area (Å²) in [7, 11) is 0. The fourth-order valence-corrected chi connectivity index (χ4v) is 6.90. The molecule has 0 spiro atoms. The summed E-state index contributed by atoms with van der Waals surface area (Å²) in [6.45, 7) is 8.42. The molecule has 0 aliphatic carbocycles. The zero-order valence-corrected chi connectivity index (χ0v) is 28.6. The molecule has 2 heterocycles. The number of esters is 7. The van der Waals surface area contributed by atoms with Crippen LogP contribution in [0.1, 0.15) is 55.4 Å². The summed E-state index contributed by atoms with van der Waals surface area (Å²) in [4.78, 5) is 96.4. The molecule has 0 aromatic heterocycles. The van der Waals surface area contributed by atoms with E-state index in [0.29, 0.717) is 11.8 Å². The molecule has 0 amide bonds. The van der Waals surface area contributed by atoms with E-state index in [1.165, 1.54) is 6.92 Å². The van der Waals surface area contributed by atoms with E-state index in [0.717, 1.165) is 60.2 Å². The molecule has 0 bridgehead atoms. The molecule has 2 saturated heterocycles. The Balaban J connectivity index is 2.56. The van der Waals surface area contributed by atoms with Crippen LogP contribution in [0.25, 0.3) is 0 Å². The second kappa shape index (κ2) is 18.2. The van der Waals surface area contributed by atoms with E-state index in [9.17, 15) is 38.4 Å². The molecular formula is C28H38O17S2.